The maximum Gasteiger partial charge on any atom is 0.293 e. The van der Waals surface area contributed by atoms with Gasteiger partial charge in [0.15, 0.2) is 5.82 Å². The van der Waals surface area contributed by atoms with Crippen molar-refractivity contribution in [3.63, 3.8) is 0 Å². The predicted octanol–water partition coefficient (Wildman–Crippen LogP) is 2.60. The summed E-state index contributed by atoms with van der Waals surface area (Å²) < 4.78 is 7.30. The van der Waals surface area contributed by atoms with E-state index >= 15 is 0 Å². The van der Waals surface area contributed by atoms with Crippen LogP contribution in [-0.2, 0) is 18.3 Å². The molecule has 0 spiro atoms. The van der Waals surface area contributed by atoms with Crippen LogP contribution in [0.5, 0.6) is 5.75 Å². The van der Waals surface area contributed by atoms with Crippen molar-refractivity contribution in [3.05, 3.63) is 52.6 Å². The van der Waals surface area contributed by atoms with E-state index in [1.54, 1.807) is 19.4 Å². The molecule has 1 saturated heterocycles. The molecule has 0 N–H and O–H groups in total. The molecule has 0 bridgehead atoms. The molecule has 2 aromatic rings. The Labute approximate surface area is 159 Å². The van der Waals surface area contributed by atoms with Crippen molar-refractivity contribution < 1.29 is 9.53 Å². The zero-order valence-corrected chi connectivity index (χ0v) is 16.1. The predicted molar refractivity (Wildman–Crippen MR) is 105 cm³/mol. The van der Waals surface area contributed by atoms with Crippen LogP contribution >= 0.6 is 0 Å². The first kappa shape index (κ1) is 19.1. The minimum Gasteiger partial charge on any atom is -0.493 e. The number of para-hydroxylation sites is 1. The van der Waals surface area contributed by atoms with E-state index in [-0.39, 0.29) is 17.3 Å². The van der Waals surface area contributed by atoms with Crippen molar-refractivity contribution in [2.24, 2.45) is 13.0 Å². The van der Waals surface area contributed by atoms with E-state index in [4.69, 9.17) is 4.74 Å². The summed E-state index contributed by atoms with van der Waals surface area (Å²) in [6.07, 6.45) is 6.12. The Morgan fingerprint density at radius 1 is 1.26 bits per heavy atom. The zero-order chi connectivity index (χ0) is 19.2. The molecule has 1 aliphatic heterocycles. The number of ketones is 1. The van der Waals surface area contributed by atoms with Crippen molar-refractivity contribution in [2.75, 3.05) is 24.6 Å². The number of benzene rings is 1. The standard InChI is InChI=1S/C21H27N3O3/c1-3-14-27-19-7-5-4-6-17(19)15-18(25)16-8-11-24(12-9-16)20-21(26)23(2)13-10-22-20/h4-7,10,13,16H,3,8-9,11-12,14-15H2,1-2H3. The average Bonchev–Trinajstić information content (AvgIpc) is 2.69. The lowest BCUT2D eigenvalue weighted by Crippen LogP contribution is -2.40. The van der Waals surface area contributed by atoms with Gasteiger partial charge in [0.05, 0.1) is 6.61 Å². The fourth-order valence-corrected chi connectivity index (χ4v) is 3.45. The molecule has 144 valence electrons. The second-order valence-corrected chi connectivity index (χ2v) is 7.03. The molecule has 1 aliphatic rings. The number of aromatic nitrogens is 2. The number of anilines is 1. The first-order valence-corrected chi connectivity index (χ1v) is 9.60. The molecule has 27 heavy (non-hydrogen) atoms. The highest BCUT2D eigenvalue weighted by atomic mass is 16.5. The van der Waals surface area contributed by atoms with Gasteiger partial charge in [0, 0.05) is 50.4 Å². The lowest BCUT2D eigenvalue weighted by Gasteiger charge is -2.31. The minimum absolute atomic E-state index is 0.0213. The van der Waals surface area contributed by atoms with Crippen molar-refractivity contribution in [3.8, 4) is 5.75 Å². The third-order valence-electron chi connectivity index (χ3n) is 5.05. The Balaban J connectivity index is 1.61. The number of piperidine rings is 1. The number of carbonyl (C=O) groups excluding carboxylic acids is 1. The van der Waals surface area contributed by atoms with Crippen LogP contribution in [0.15, 0.2) is 41.5 Å². The molecule has 0 amide bonds. The molecule has 0 saturated carbocycles. The summed E-state index contributed by atoms with van der Waals surface area (Å²) in [6.45, 7) is 4.08. The number of nitrogens with zero attached hydrogens (tertiary/aromatic N) is 3. The summed E-state index contributed by atoms with van der Waals surface area (Å²) >= 11 is 0. The molecular formula is C21H27N3O3. The largest absolute Gasteiger partial charge is 0.493 e. The van der Waals surface area contributed by atoms with Crippen LogP contribution in [-0.4, -0.2) is 35.0 Å². The zero-order valence-electron chi connectivity index (χ0n) is 16.1. The highest BCUT2D eigenvalue weighted by Gasteiger charge is 2.27. The molecular weight excluding hydrogens is 342 g/mol. The lowest BCUT2D eigenvalue weighted by atomic mass is 9.89. The van der Waals surface area contributed by atoms with Gasteiger partial charge in [0.1, 0.15) is 11.5 Å². The van der Waals surface area contributed by atoms with Crippen LogP contribution in [0.3, 0.4) is 0 Å². The summed E-state index contributed by atoms with van der Waals surface area (Å²) in [4.78, 5) is 31.3. The molecule has 1 fully saturated rings. The monoisotopic (exact) mass is 369 g/mol. The van der Waals surface area contributed by atoms with Gasteiger partial charge in [-0.3, -0.25) is 9.59 Å². The fourth-order valence-electron chi connectivity index (χ4n) is 3.45. The molecule has 3 rings (SSSR count). The Bertz CT molecular complexity index is 839. The molecule has 2 heterocycles. The first-order chi connectivity index (χ1) is 13.1. The third kappa shape index (κ3) is 4.56. The van der Waals surface area contributed by atoms with E-state index in [2.05, 4.69) is 11.9 Å². The van der Waals surface area contributed by atoms with E-state index in [1.165, 1.54) is 4.57 Å². The molecule has 6 heteroatoms. The summed E-state index contributed by atoms with van der Waals surface area (Å²) in [5, 5.41) is 0. The minimum atomic E-state index is -0.0933. The van der Waals surface area contributed by atoms with Crippen LogP contribution < -0.4 is 15.2 Å². The second kappa shape index (κ2) is 8.84. The van der Waals surface area contributed by atoms with E-state index in [0.717, 1.165) is 30.6 Å². The molecule has 0 radical (unpaired) electrons. The van der Waals surface area contributed by atoms with Crippen molar-refractivity contribution in [2.45, 2.75) is 32.6 Å². The van der Waals surface area contributed by atoms with Crippen LogP contribution in [0.1, 0.15) is 31.7 Å². The Morgan fingerprint density at radius 2 is 2.00 bits per heavy atom. The van der Waals surface area contributed by atoms with Crippen molar-refractivity contribution in [1.29, 1.82) is 0 Å². The van der Waals surface area contributed by atoms with Crippen molar-refractivity contribution in [1.82, 2.24) is 9.55 Å². The summed E-state index contributed by atoms with van der Waals surface area (Å²) in [5.74, 6) is 1.55. The maximum absolute atomic E-state index is 12.8. The maximum atomic E-state index is 12.8. The van der Waals surface area contributed by atoms with Gasteiger partial charge in [0.2, 0.25) is 0 Å². The topological polar surface area (TPSA) is 64.4 Å². The third-order valence-corrected chi connectivity index (χ3v) is 5.05. The smallest absolute Gasteiger partial charge is 0.293 e. The van der Waals surface area contributed by atoms with Crippen molar-refractivity contribution >= 4 is 11.6 Å². The first-order valence-electron chi connectivity index (χ1n) is 9.60. The van der Waals surface area contributed by atoms with Gasteiger partial charge in [-0.15, -0.1) is 0 Å². The number of hydrogen-bond acceptors (Lipinski definition) is 5. The number of ether oxygens (including phenoxy) is 1. The second-order valence-electron chi connectivity index (χ2n) is 7.03. The highest BCUT2D eigenvalue weighted by molar-refractivity contribution is 5.84. The molecule has 0 unspecified atom stereocenters. The molecule has 1 aromatic heterocycles. The fraction of sp³-hybridized carbons (Fsp3) is 0.476. The number of aryl methyl sites for hydroxylation is 1. The summed E-state index contributed by atoms with van der Waals surface area (Å²) in [5.41, 5.74) is 0.862. The van der Waals surface area contributed by atoms with E-state index in [1.807, 2.05) is 29.2 Å². The molecule has 0 aliphatic carbocycles. The Morgan fingerprint density at radius 3 is 2.74 bits per heavy atom. The van der Waals surface area contributed by atoms with E-state index < -0.39 is 0 Å². The van der Waals surface area contributed by atoms with Crippen LogP contribution in [0, 0.1) is 5.92 Å². The van der Waals surface area contributed by atoms with Crippen LogP contribution in [0.25, 0.3) is 0 Å². The van der Waals surface area contributed by atoms with Gasteiger partial charge >= 0.3 is 0 Å². The van der Waals surface area contributed by atoms with Gasteiger partial charge in [-0.25, -0.2) is 4.98 Å². The Kier molecular flexibility index (Phi) is 6.27. The summed E-state index contributed by atoms with van der Waals surface area (Å²) in [7, 11) is 1.72. The molecule has 0 atom stereocenters. The van der Waals surface area contributed by atoms with Gasteiger partial charge in [0.25, 0.3) is 5.56 Å². The Hall–Kier alpha value is -2.63. The number of Topliss-reactive ketones (excluding diaryl/α,β-unsaturated/α-hetero) is 1. The number of rotatable bonds is 7. The van der Waals surface area contributed by atoms with Gasteiger partial charge in [-0.1, -0.05) is 25.1 Å². The van der Waals surface area contributed by atoms with Crippen LogP contribution in [0.2, 0.25) is 0 Å². The number of hydrogen-bond donors (Lipinski definition) is 0. The van der Waals surface area contributed by atoms with Gasteiger partial charge in [-0.2, -0.15) is 0 Å². The molecule has 6 nitrogen and oxygen atoms in total. The highest BCUT2D eigenvalue weighted by Crippen LogP contribution is 2.25. The van der Waals surface area contributed by atoms with E-state index in [9.17, 15) is 9.59 Å². The van der Waals surface area contributed by atoms with E-state index in [0.29, 0.717) is 31.9 Å². The SMILES string of the molecule is CCCOc1ccccc1CC(=O)C1CCN(c2nccn(C)c2=O)CC1. The van der Waals surface area contributed by atoms with Gasteiger partial charge in [-0.05, 0) is 25.3 Å². The quantitative estimate of drug-likeness (QED) is 0.751. The van der Waals surface area contributed by atoms with Crippen LogP contribution in [0.4, 0.5) is 5.82 Å². The normalized spacial score (nSPS) is 15.0. The van der Waals surface area contributed by atoms with Gasteiger partial charge < -0.3 is 14.2 Å². The number of carbonyl (C=O) groups is 1. The lowest BCUT2D eigenvalue weighted by molar-refractivity contribution is -0.122. The average molecular weight is 369 g/mol. The molecule has 1 aromatic carbocycles. The summed E-state index contributed by atoms with van der Waals surface area (Å²) in [6, 6.07) is 7.78.